The normalized spacial score (nSPS) is 19.1. The molecule has 1 saturated heterocycles. The Morgan fingerprint density at radius 2 is 1.86 bits per heavy atom. The molecule has 0 spiro atoms. The summed E-state index contributed by atoms with van der Waals surface area (Å²) in [6.45, 7) is 4.38. The summed E-state index contributed by atoms with van der Waals surface area (Å²) in [5.74, 6) is 0.824. The first-order valence-electron chi connectivity index (χ1n) is 9.41. The molecule has 0 unspecified atom stereocenters. The number of methoxy groups -OCH3 is 1. The van der Waals surface area contributed by atoms with Gasteiger partial charge in [-0.05, 0) is 74.6 Å². The van der Waals surface area contributed by atoms with Crippen LogP contribution in [0.25, 0.3) is 0 Å². The number of ether oxygens (including phenoxy) is 1. The molecule has 4 rings (SSSR count). The molecule has 0 bridgehead atoms. The fourth-order valence-electron chi connectivity index (χ4n) is 3.80. The molecule has 28 heavy (non-hydrogen) atoms. The van der Waals surface area contributed by atoms with Crippen LogP contribution in [0.15, 0.2) is 67.0 Å². The Morgan fingerprint density at radius 1 is 1.07 bits per heavy atom. The summed E-state index contributed by atoms with van der Waals surface area (Å²) in [5, 5.41) is 4.20. The third kappa shape index (κ3) is 3.24. The average molecular weight is 393 g/mol. The van der Waals surface area contributed by atoms with E-state index >= 15 is 0 Å². The van der Waals surface area contributed by atoms with Gasteiger partial charge in [-0.2, -0.15) is 0 Å². The number of hydrogen-bond acceptors (Lipinski definition) is 3. The number of aromatic nitrogens is 2. The Hall–Kier alpha value is -2.86. The van der Waals surface area contributed by atoms with Crippen LogP contribution in [0.4, 0.5) is 5.69 Å². The van der Waals surface area contributed by atoms with Crippen molar-refractivity contribution in [3.05, 3.63) is 78.4 Å². The average Bonchev–Trinajstić information content (AvgIpc) is 3.33. The van der Waals surface area contributed by atoms with Gasteiger partial charge in [0.15, 0.2) is 5.11 Å². The molecular formula is C22H24N4OS. The van der Waals surface area contributed by atoms with Gasteiger partial charge in [-0.3, -0.25) is 4.98 Å². The van der Waals surface area contributed by atoms with E-state index < -0.39 is 0 Å². The molecule has 1 aromatic carbocycles. The minimum absolute atomic E-state index is 0.00630. The second-order valence-corrected chi connectivity index (χ2v) is 7.52. The Kier molecular flexibility index (Phi) is 5.05. The number of rotatable bonds is 5. The fraction of sp³-hybridized carbons (Fsp3) is 0.273. The molecule has 1 N–H and O–H groups in total. The third-order valence-electron chi connectivity index (χ3n) is 5.12. The van der Waals surface area contributed by atoms with Crippen molar-refractivity contribution >= 4 is 23.0 Å². The van der Waals surface area contributed by atoms with E-state index in [1.165, 1.54) is 5.69 Å². The van der Waals surface area contributed by atoms with Gasteiger partial charge in [0.25, 0.3) is 0 Å². The Labute approximate surface area is 171 Å². The molecule has 0 amide bonds. The third-order valence-corrected chi connectivity index (χ3v) is 5.43. The first-order chi connectivity index (χ1) is 13.6. The summed E-state index contributed by atoms with van der Waals surface area (Å²) in [6, 6.07) is 18.6. The van der Waals surface area contributed by atoms with Crippen molar-refractivity contribution in [2.75, 3.05) is 12.0 Å². The molecular weight excluding hydrogens is 368 g/mol. The number of nitrogens with zero attached hydrogens (tertiary/aromatic N) is 3. The smallest absolute Gasteiger partial charge is 0.174 e. The maximum atomic E-state index is 5.77. The molecule has 0 aliphatic carbocycles. The quantitative estimate of drug-likeness (QED) is 0.640. The van der Waals surface area contributed by atoms with Gasteiger partial charge in [-0.25, -0.2) is 0 Å². The summed E-state index contributed by atoms with van der Waals surface area (Å²) in [6.07, 6.45) is 3.96. The van der Waals surface area contributed by atoms with Gasteiger partial charge in [0, 0.05) is 29.8 Å². The summed E-state index contributed by atoms with van der Waals surface area (Å²) in [7, 11) is 1.67. The Morgan fingerprint density at radius 3 is 2.50 bits per heavy atom. The second-order valence-electron chi connectivity index (χ2n) is 7.13. The number of nitrogens with one attached hydrogen (secondary N) is 1. The summed E-state index contributed by atoms with van der Waals surface area (Å²) < 4.78 is 7.62. The van der Waals surface area contributed by atoms with Crippen molar-refractivity contribution in [1.29, 1.82) is 0 Å². The lowest BCUT2D eigenvalue weighted by molar-refractivity contribution is 0.415. The van der Waals surface area contributed by atoms with Gasteiger partial charge in [-0.1, -0.05) is 6.07 Å². The van der Waals surface area contributed by atoms with Crippen molar-refractivity contribution in [2.45, 2.75) is 32.0 Å². The van der Waals surface area contributed by atoms with Crippen molar-refractivity contribution in [1.82, 2.24) is 14.9 Å². The fourth-order valence-corrected chi connectivity index (χ4v) is 4.15. The molecule has 144 valence electrons. The van der Waals surface area contributed by atoms with Gasteiger partial charge < -0.3 is 19.5 Å². The molecule has 1 aliphatic heterocycles. The highest BCUT2D eigenvalue weighted by molar-refractivity contribution is 7.80. The SMILES string of the molecule is COc1ccc(N2C(=S)N[C@H](c3ccccn3)[C@H]2c2cccn2C(C)C)cc1. The number of thiocarbonyl (C=S) groups is 1. The van der Waals surface area contributed by atoms with Crippen molar-refractivity contribution in [2.24, 2.45) is 0 Å². The second kappa shape index (κ2) is 7.64. The number of pyridine rings is 1. The number of hydrogen-bond donors (Lipinski definition) is 1. The van der Waals surface area contributed by atoms with E-state index in [1.54, 1.807) is 7.11 Å². The molecule has 3 heterocycles. The predicted octanol–water partition coefficient (Wildman–Crippen LogP) is 4.65. The van der Waals surface area contributed by atoms with Crippen LogP contribution in [0.2, 0.25) is 0 Å². The summed E-state index contributed by atoms with van der Waals surface area (Å²) in [4.78, 5) is 6.79. The summed E-state index contributed by atoms with van der Waals surface area (Å²) >= 11 is 5.77. The first-order valence-corrected chi connectivity index (χ1v) is 9.82. The minimum atomic E-state index is -0.0387. The zero-order valence-corrected chi connectivity index (χ0v) is 17.1. The van der Waals surface area contributed by atoms with E-state index in [4.69, 9.17) is 17.0 Å². The highest BCUT2D eigenvalue weighted by atomic mass is 32.1. The van der Waals surface area contributed by atoms with Gasteiger partial charge in [0.2, 0.25) is 0 Å². The molecule has 5 nitrogen and oxygen atoms in total. The zero-order valence-electron chi connectivity index (χ0n) is 16.2. The van der Waals surface area contributed by atoms with E-state index in [1.807, 2.05) is 48.7 Å². The molecule has 1 fully saturated rings. The topological polar surface area (TPSA) is 42.3 Å². The molecule has 6 heteroatoms. The summed E-state index contributed by atoms with van der Waals surface area (Å²) in [5.41, 5.74) is 3.20. The van der Waals surface area contributed by atoms with E-state index in [0.717, 1.165) is 17.1 Å². The monoisotopic (exact) mass is 392 g/mol. The van der Waals surface area contributed by atoms with Gasteiger partial charge in [-0.15, -0.1) is 0 Å². The minimum Gasteiger partial charge on any atom is -0.497 e. The van der Waals surface area contributed by atoms with E-state index in [-0.39, 0.29) is 12.1 Å². The lowest BCUT2D eigenvalue weighted by Crippen LogP contribution is -2.30. The van der Waals surface area contributed by atoms with Gasteiger partial charge in [0.1, 0.15) is 11.8 Å². The molecule has 1 aliphatic rings. The van der Waals surface area contributed by atoms with E-state index in [0.29, 0.717) is 11.2 Å². The molecule has 0 radical (unpaired) electrons. The van der Waals surface area contributed by atoms with E-state index in [9.17, 15) is 0 Å². The van der Waals surface area contributed by atoms with Gasteiger partial charge >= 0.3 is 0 Å². The van der Waals surface area contributed by atoms with Crippen LogP contribution in [-0.2, 0) is 0 Å². The standard InChI is InChI=1S/C22H24N4OS/c1-15(2)25-14-6-8-19(25)21-20(18-7-4-5-13-23-18)24-22(28)26(21)16-9-11-17(27-3)12-10-16/h4-15,20-21H,1-3H3,(H,24,28)/t20-,21-/m1/s1. The van der Waals surface area contributed by atoms with Gasteiger partial charge in [0.05, 0.1) is 18.8 Å². The maximum Gasteiger partial charge on any atom is 0.174 e. The molecule has 2 aromatic heterocycles. The van der Waals surface area contributed by atoms with Crippen molar-refractivity contribution < 1.29 is 4.74 Å². The predicted molar refractivity (Wildman–Crippen MR) is 116 cm³/mol. The largest absolute Gasteiger partial charge is 0.497 e. The van der Waals surface area contributed by atoms with Crippen LogP contribution in [0.5, 0.6) is 5.75 Å². The molecule has 3 aromatic rings. The molecule has 2 atom stereocenters. The first kappa shape index (κ1) is 18.5. The van der Waals surface area contributed by atoms with Crippen LogP contribution < -0.4 is 15.0 Å². The Balaban J connectivity index is 1.83. The lowest BCUT2D eigenvalue weighted by Gasteiger charge is -2.30. The van der Waals surface area contributed by atoms with Crippen LogP contribution in [-0.4, -0.2) is 21.8 Å². The van der Waals surface area contributed by atoms with Crippen molar-refractivity contribution in [3.8, 4) is 5.75 Å². The van der Waals surface area contributed by atoms with Crippen molar-refractivity contribution in [3.63, 3.8) is 0 Å². The van der Waals surface area contributed by atoms with Crippen LogP contribution in [0.1, 0.15) is 43.4 Å². The highest BCUT2D eigenvalue weighted by Crippen LogP contribution is 2.42. The van der Waals surface area contributed by atoms with Crippen LogP contribution in [0, 0.1) is 0 Å². The zero-order chi connectivity index (χ0) is 19.7. The van der Waals surface area contributed by atoms with E-state index in [2.05, 4.69) is 51.9 Å². The molecule has 0 saturated carbocycles. The maximum absolute atomic E-state index is 5.77. The number of benzene rings is 1. The van der Waals surface area contributed by atoms with Crippen LogP contribution >= 0.6 is 12.2 Å². The Bertz CT molecular complexity index is 952. The van der Waals surface area contributed by atoms with Crippen LogP contribution in [0.3, 0.4) is 0 Å². The lowest BCUT2D eigenvalue weighted by atomic mass is 10.0. The highest BCUT2D eigenvalue weighted by Gasteiger charge is 2.42. The number of anilines is 1.